The van der Waals surface area contributed by atoms with Crippen LogP contribution in [0, 0.1) is 0 Å². The van der Waals surface area contributed by atoms with Gasteiger partial charge in [0.05, 0.1) is 5.70 Å². The standard InChI is InChI=1S/C15H17NS/c1-4-13-14(5-2)17-15-10-8-6-7-9-12(15)11-16(13)3/h4-5,7-10H,1-2,6,11H2,3H3. The molecule has 0 fully saturated rings. The van der Waals surface area contributed by atoms with Gasteiger partial charge in [-0.1, -0.05) is 55.3 Å². The van der Waals surface area contributed by atoms with Crippen molar-refractivity contribution in [1.82, 2.24) is 4.90 Å². The second kappa shape index (κ2) is 5.28. The summed E-state index contributed by atoms with van der Waals surface area (Å²) in [6.45, 7) is 8.72. The maximum atomic E-state index is 3.90. The highest BCUT2D eigenvalue weighted by atomic mass is 32.2. The van der Waals surface area contributed by atoms with E-state index in [1.54, 1.807) is 11.8 Å². The van der Waals surface area contributed by atoms with Crippen LogP contribution in [0.5, 0.6) is 0 Å². The van der Waals surface area contributed by atoms with Crippen molar-refractivity contribution in [2.24, 2.45) is 0 Å². The number of rotatable bonds is 2. The third kappa shape index (κ3) is 2.47. The summed E-state index contributed by atoms with van der Waals surface area (Å²) in [5.41, 5.74) is 2.52. The molecule has 0 aromatic carbocycles. The van der Waals surface area contributed by atoms with Crippen molar-refractivity contribution in [3.8, 4) is 0 Å². The van der Waals surface area contributed by atoms with Gasteiger partial charge < -0.3 is 4.90 Å². The van der Waals surface area contributed by atoms with Crippen LogP contribution in [0.4, 0.5) is 0 Å². The molecule has 17 heavy (non-hydrogen) atoms. The molecule has 2 aliphatic rings. The molecule has 1 nitrogen and oxygen atoms in total. The first-order chi connectivity index (χ1) is 8.26. The van der Waals surface area contributed by atoms with E-state index >= 15 is 0 Å². The predicted molar refractivity (Wildman–Crippen MR) is 77.6 cm³/mol. The largest absolute Gasteiger partial charge is 0.369 e. The van der Waals surface area contributed by atoms with E-state index in [2.05, 4.69) is 49.4 Å². The van der Waals surface area contributed by atoms with Gasteiger partial charge in [-0.3, -0.25) is 0 Å². The first kappa shape index (κ1) is 12.1. The zero-order chi connectivity index (χ0) is 12.3. The quantitative estimate of drug-likeness (QED) is 0.720. The molecule has 0 N–H and O–H groups in total. The van der Waals surface area contributed by atoms with Crippen molar-refractivity contribution < 1.29 is 0 Å². The van der Waals surface area contributed by atoms with Crippen LogP contribution in [-0.4, -0.2) is 18.5 Å². The molecule has 2 heteroatoms. The van der Waals surface area contributed by atoms with Crippen molar-refractivity contribution in [1.29, 1.82) is 0 Å². The van der Waals surface area contributed by atoms with Crippen molar-refractivity contribution in [2.45, 2.75) is 6.42 Å². The van der Waals surface area contributed by atoms with Gasteiger partial charge >= 0.3 is 0 Å². The zero-order valence-electron chi connectivity index (χ0n) is 10.1. The molecule has 0 aromatic rings. The molecule has 1 heterocycles. The van der Waals surface area contributed by atoms with Crippen LogP contribution in [0.2, 0.25) is 0 Å². The fraction of sp³-hybridized carbons (Fsp3) is 0.200. The minimum atomic E-state index is 0.919. The molecule has 1 aliphatic heterocycles. The maximum absolute atomic E-state index is 3.90. The molecule has 0 bridgehead atoms. The summed E-state index contributed by atoms with van der Waals surface area (Å²) in [6.07, 6.45) is 13.7. The van der Waals surface area contributed by atoms with Crippen molar-refractivity contribution in [3.05, 3.63) is 70.7 Å². The Bertz CT molecular complexity index is 463. The van der Waals surface area contributed by atoms with Gasteiger partial charge in [-0.15, -0.1) is 0 Å². The minimum absolute atomic E-state index is 0.919. The summed E-state index contributed by atoms with van der Waals surface area (Å²) in [5, 5.41) is 0. The fourth-order valence-electron chi connectivity index (χ4n) is 1.99. The smallest absolute Gasteiger partial charge is 0.0502 e. The molecule has 0 spiro atoms. The van der Waals surface area contributed by atoms with Crippen molar-refractivity contribution >= 4 is 11.8 Å². The Kier molecular flexibility index (Phi) is 3.75. The second-order valence-electron chi connectivity index (χ2n) is 4.05. The third-order valence-electron chi connectivity index (χ3n) is 2.85. The van der Waals surface area contributed by atoms with Gasteiger partial charge in [0.15, 0.2) is 0 Å². The van der Waals surface area contributed by atoms with Crippen LogP contribution < -0.4 is 0 Å². The number of hydrogen-bond donors (Lipinski definition) is 0. The number of allylic oxidation sites excluding steroid dienone is 5. The highest BCUT2D eigenvalue weighted by molar-refractivity contribution is 8.07. The van der Waals surface area contributed by atoms with Gasteiger partial charge in [-0.05, 0) is 18.1 Å². The molecule has 0 aromatic heterocycles. The average molecular weight is 243 g/mol. The lowest BCUT2D eigenvalue weighted by Gasteiger charge is -2.20. The van der Waals surface area contributed by atoms with Crippen molar-refractivity contribution in [3.63, 3.8) is 0 Å². The van der Waals surface area contributed by atoms with Crippen LogP contribution in [-0.2, 0) is 0 Å². The van der Waals surface area contributed by atoms with Crippen molar-refractivity contribution in [2.75, 3.05) is 13.6 Å². The average Bonchev–Trinajstić information content (AvgIpc) is 2.60. The molecule has 88 valence electrons. The van der Waals surface area contributed by atoms with E-state index in [1.807, 2.05) is 12.2 Å². The van der Waals surface area contributed by atoms with E-state index in [4.69, 9.17) is 0 Å². The number of nitrogens with zero attached hydrogens (tertiary/aromatic N) is 1. The van der Waals surface area contributed by atoms with E-state index in [0.717, 1.165) is 18.7 Å². The lowest BCUT2D eigenvalue weighted by Crippen LogP contribution is -2.18. The predicted octanol–water partition coefficient (Wildman–Crippen LogP) is 4.02. The van der Waals surface area contributed by atoms with Crippen LogP contribution in [0.15, 0.2) is 70.7 Å². The molecular weight excluding hydrogens is 226 g/mol. The Balaban J connectivity index is 2.46. The van der Waals surface area contributed by atoms with Gasteiger partial charge in [0.2, 0.25) is 0 Å². The van der Waals surface area contributed by atoms with Crippen LogP contribution in [0.3, 0.4) is 0 Å². The second-order valence-corrected chi connectivity index (χ2v) is 5.13. The van der Waals surface area contributed by atoms with E-state index in [-0.39, 0.29) is 0 Å². The number of likely N-dealkylation sites (N-methyl/N-ethyl adjacent to an activating group) is 1. The highest BCUT2D eigenvalue weighted by Crippen LogP contribution is 2.37. The summed E-state index contributed by atoms with van der Waals surface area (Å²) >= 11 is 1.78. The Hall–Kier alpha value is -1.41. The fourth-order valence-corrected chi connectivity index (χ4v) is 3.08. The SMILES string of the molecule is C=CC1=C(C=C)N(C)CC2=C(C=CCC=C2)S1. The summed E-state index contributed by atoms with van der Waals surface area (Å²) < 4.78 is 0. The van der Waals surface area contributed by atoms with Crippen LogP contribution in [0.1, 0.15) is 6.42 Å². The molecule has 0 atom stereocenters. The van der Waals surface area contributed by atoms with Gasteiger partial charge in [0.1, 0.15) is 0 Å². The molecule has 1 aliphatic carbocycles. The van der Waals surface area contributed by atoms with Crippen LogP contribution in [0.25, 0.3) is 0 Å². The number of thioether (sulfide) groups is 1. The third-order valence-corrected chi connectivity index (χ3v) is 4.06. The Morgan fingerprint density at radius 1 is 1.24 bits per heavy atom. The summed E-state index contributed by atoms with van der Waals surface area (Å²) in [7, 11) is 2.10. The molecular formula is C15H17NS. The maximum Gasteiger partial charge on any atom is 0.0502 e. The molecule has 0 unspecified atom stereocenters. The Labute approximate surface area is 108 Å². The minimum Gasteiger partial charge on any atom is -0.369 e. The molecule has 0 saturated carbocycles. The zero-order valence-corrected chi connectivity index (χ0v) is 11.0. The van der Waals surface area contributed by atoms with E-state index < -0.39 is 0 Å². The Morgan fingerprint density at radius 2 is 2.00 bits per heavy atom. The lowest BCUT2D eigenvalue weighted by molar-refractivity contribution is 0.472. The molecule has 2 rings (SSSR count). The lowest BCUT2D eigenvalue weighted by atomic mass is 10.2. The van der Waals surface area contributed by atoms with Gasteiger partial charge in [-0.25, -0.2) is 0 Å². The van der Waals surface area contributed by atoms with Crippen LogP contribution >= 0.6 is 11.8 Å². The first-order valence-electron chi connectivity index (χ1n) is 5.70. The normalized spacial score (nSPS) is 19.9. The monoisotopic (exact) mass is 243 g/mol. The summed E-state index contributed by atoms with van der Waals surface area (Å²) in [6, 6.07) is 0. The summed E-state index contributed by atoms with van der Waals surface area (Å²) in [4.78, 5) is 4.72. The first-order valence-corrected chi connectivity index (χ1v) is 6.52. The molecule has 0 saturated heterocycles. The molecule has 0 radical (unpaired) electrons. The Morgan fingerprint density at radius 3 is 2.71 bits per heavy atom. The molecule has 0 amide bonds. The van der Waals surface area contributed by atoms with E-state index in [9.17, 15) is 0 Å². The number of hydrogen-bond acceptors (Lipinski definition) is 2. The van der Waals surface area contributed by atoms with Gasteiger partial charge in [-0.2, -0.15) is 0 Å². The van der Waals surface area contributed by atoms with Gasteiger partial charge in [0.25, 0.3) is 0 Å². The van der Waals surface area contributed by atoms with E-state index in [1.165, 1.54) is 15.4 Å². The van der Waals surface area contributed by atoms with E-state index in [0.29, 0.717) is 0 Å². The van der Waals surface area contributed by atoms with Gasteiger partial charge in [0, 0.05) is 23.4 Å². The highest BCUT2D eigenvalue weighted by Gasteiger charge is 2.17. The topological polar surface area (TPSA) is 3.24 Å². The summed E-state index contributed by atoms with van der Waals surface area (Å²) in [5.74, 6) is 0.